The summed E-state index contributed by atoms with van der Waals surface area (Å²) in [6.45, 7) is 2.04. The van der Waals surface area contributed by atoms with Gasteiger partial charge in [0.2, 0.25) is 0 Å². The van der Waals surface area contributed by atoms with Gasteiger partial charge in [-0.3, -0.25) is 0 Å². The van der Waals surface area contributed by atoms with Gasteiger partial charge in [0.1, 0.15) is 6.04 Å². The van der Waals surface area contributed by atoms with E-state index < -0.39 is 12.2 Å². The zero-order valence-corrected chi connectivity index (χ0v) is 9.93. The van der Waals surface area contributed by atoms with Crippen LogP contribution in [0.25, 0.3) is 0 Å². The number of hydrogen-bond acceptors (Lipinski definition) is 1. The van der Waals surface area contributed by atoms with Crippen molar-refractivity contribution in [1.82, 2.24) is 0 Å². The molecule has 1 aromatic rings. The minimum atomic E-state index is -4.27. The molecule has 0 amide bonds. The maximum atomic E-state index is 12.2. The van der Waals surface area contributed by atoms with Gasteiger partial charge in [-0.1, -0.05) is 31.2 Å². The smallest absolute Gasteiger partial charge is 0.320 e. The van der Waals surface area contributed by atoms with Crippen molar-refractivity contribution in [3.8, 4) is 0 Å². The van der Waals surface area contributed by atoms with Crippen LogP contribution < -0.4 is 5.73 Å². The molecule has 0 saturated carbocycles. The van der Waals surface area contributed by atoms with E-state index in [0.29, 0.717) is 12.8 Å². The third-order valence-corrected chi connectivity index (χ3v) is 2.88. The van der Waals surface area contributed by atoms with E-state index in [1.807, 2.05) is 31.2 Å². The lowest BCUT2D eigenvalue weighted by Gasteiger charge is -2.15. The first kappa shape index (κ1) is 14.0. The Morgan fingerprint density at radius 1 is 1.18 bits per heavy atom. The lowest BCUT2D eigenvalue weighted by molar-refractivity contribution is -0.149. The van der Waals surface area contributed by atoms with Crippen LogP contribution in [0.2, 0.25) is 0 Å². The van der Waals surface area contributed by atoms with Gasteiger partial charge in [0.25, 0.3) is 0 Å². The van der Waals surface area contributed by atoms with Crippen molar-refractivity contribution in [2.24, 2.45) is 5.73 Å². The second-order valence-electron chi connectivity index (χ2n) is 4.16. The molecule has 1 nitrogen and oxygen atoms in total. The Morgan fingerprint density at radius 3 is 2.29 bits per heavy atom. The highest BCUT2D eigenvalue weighted by atomic mass is 19.4. The zero-order valence-electron chi connectivity index (χ0n) is 9.93. The Balaban J connectivity index is 2.46. The van der Waals surface area contributed by atoms with Crippen LogP contribution in [-0.2, 0) is 12.8 Å². The Bertz CT molecular complexity index is 347. The second kappa shape index (κ2) is 6.05. The Kier molecular flexibility index (Phi) is 5.00. The number of halogens is 3. The van der Waals surface area contributed by atoms with E-state index in [1.165, 1.54) is 5.56 Å². The van der Waals surface area contributed by atoms with E-state index in [4.69, 9.17) is 5.73 Å². The SMILES string of the molecule is CCc1ccccc1CCC[C@H](N)C(F)(F)F. The first-order chi connectivity index (χ1) is 7.95. The quantitative estimate of drug-likeness (QED) is 0.844. The molecule has 2 N–H and O–H groups in total. The highest BCUT2D eigenvalue weighted by molar-refractivity contribution is 5.27. The summed E-state index contributed by atoms with van der Waals surface area (Å²) in [4.78, 5) is 0. The normalized spacial score (nSPS) is 13.7. The molecule has 0 spiro atoms. The molecule has 0 heterocycles. The lowest BCUT2D eigenvalue weighted by atomic mass is 9.99. The van der Waals surface area contributed by atoms with Crippen molar-refractivity contribution in [2.75, 3.05) is 0 Å². The first-order valence-corrected chi connectivity index (χ1v) is 5.84. The van der Waals surface area contributed by atoms with Crippen LogP contribution in [0.3, 0.4) is 0 Å². The number of nitrogens with two attached hydrogens (primary N) is 1. The van der Waals surface area contributed by atoms with Gasteiger partial charge >= 0.3 is 6.18 Å². The molecule has 0 aromatic heterocycles. The van der Waals surface area contributed by atoms with E-state index in [9.17, 15) is 13.2 Å². The molecule has 0 aliphatic heterocycles. The summed E-state index contributed by atoms with van der Waals surface area (Å²) in [6.07, 6.45) is -2.25. The summed E-state index contributed by atoms with van der Waals surface area (Å²) in [5, 5.41) is 0. The van der Waals surface area contributed by atoms with Crippen molar-refractivity contribution in [3.05, 3.63) is 35.4 Å². The fourth-order valence-corrected chi connectivity index (χ4v) is 1.82. The molecule has 0 aliphatic carbocycles. The third-order valence-electron chi connectivity index (χ3n) is 2.88. The molecular formula is C13H18F3N. The van der Waals surface area contributed by atoms with E-state index in [2.05, 4.69) is 0 Å². The van der Waals surface area contributed by atoms with Crippen LogP contribution >= 0.6 is 0 Å². The standard InChI is InChI=1S/C13H18F3N/c1-2-10-6-3-4-7-11(10)8-5-9-12(17)13(14,15)16/h3-4,6-7,12H,2,5,8-9,17H2,1H3/t12-/m0/s1. The van der Waals surface area contributed by atoms with Crippen LogP contribution in [0.15, 0.2) is 24.3 Å². The van der Waals surface area contributed by atoms with Crippen molar-refractivity contribution >= 4 is 0 Å². The van der Waals surface area contributed by atoms with Gasteiger partial charge in [-0.05, 0) is 36.8 Å². The molecule has 0 unspecified atom stereocenters. The van der Waals surface area contributed by atoms with E-state index in [0.717, 1.165) is 12.0 Å². The summed E-state index contributed by atoms with van der Waals surface area (Å²) in [5.74, 6) is 0. The predicted octanol–water partition coefficient (Wildman–Crippen LogP) is 3.46. The average molecular weight is 245 g/mol. The van der Waals surface area contributed by atoms with Crippen molar-refractivity contribution < 1.29 is 13.2 Å². The Morgan fingerprint density at radius 2 is 1.76 bits per heavy atom. The molecule has 0 fully saturated rings. The summed E-state index contributed by atoms with van der Waals surface area (Å²) in [6, 6.07) is 6.15. The van der Waals surface area contributed by atoms with E-state index in [-0.39, 0.29) is 6.42 Å². The molecule has 1 rings (SSSR count). The predicted molar refractivity (Wildman–Crippen MR) is 62.8 cm³/mol. The minimum Gasteiger partial charge on any atom is -0.320 e. The number of rotatable bonds is 5. The molecule has 0 saturated heterocycles. The monoisotopic (exact) mass is 245 g/mol. The number of benzene rings is 1. The largest absolute Gasteiger partial charge is 0.403 e. The van der Waals surface area contributed by atoms with Gasteiger partial charge in [-0.25, -0.2) is 0 Å². The molecule has 1 aromatic carbocycles. The number of aryl methyl sites for hydroxylation is 2. The average Bonchev–Trinajstić information content (AvgIpc) is 2.28. The zero-order chi connectivity index (χ0) is 12.9. The van der Waals surface area contributed by atoms with Gasteiger partial charge in [0, 0.05) is 0 Å². The maximum absolute atomic E-state index is 12.2. The van der Waals surface area contributed by atoms with Gasteiger partial charge in [0.15, 0.2) is 0 Å². The van der Waals surface area contributed by atoms with E-state index in [1.54, 1.807) is 0 Å². The molecular weight excluding hydrogens is 227 g/mol. The van der Waals surface area contributed by atoms with Crippen molar-refractivity contribution in [3.63, 3.8) is 0 Å². The highest BCUT2D eigenvalue weighted by Crippen LogP contribution is 2.22. The lowest BCUT2D eigenvalue weighted by Crippen LogP contribution is -2.37. The van der Waals surface area contributed by atoms with E-state index >= 15 is 0 Å². The van der Waals surface area contributed by atoms with Crippen LogP contribution in [0.4, 0.5) is 13.2 Å². The molecule has 0 bridgehead atoms. The topological polar surface area (TPSA) is 26.0 Å². The fraction of sp³-hybridized carbons (Fsp3) is 0.538. The van der Waals surface area contributed by atoms with Crippen molar-refractivity contribution in [2.45, 2.75) is 44.8 Å². The maximum Gasteiger partial charge on any atom is 0.403 e. The van der Waals surface area contributed by atoms with Gasteiger partial charge in [-0.15, -0.1) is 0 Å². The van der Waals surface area contributed by atoms with Gasteiger partial charge in [-0.2, -0.15) is 13.2 Å². The molecule has 4 heteroatoms. The third kappa shape index (κ3) is 4.38. The van der Waals surface area contributed by atoms with Crippen molar-refractivity contribution in [1.29, 1.82) is 0 Å². The molecule has 17 heavy (non-hydrogen) atoms. The fourth-order valence-electron chi connectivity index (χ4n) is 1.82. The van der Waals surface area contributed by atoms with Crippen LogP contribution in [0.1, 0.15) is 30.9 Å². The summed E-state index contributed by atoms with van der Waals surface area (Å²) >= 11 is 0. The number of alkyl halides is 3. The van der Waals surface area contributed by atoms with Crippen LogP contribution in [0.5, 0.6) is 0 Å². The highest BCUT2D eigenvalue weighted by Gasteiger charge is 2.35. The Hall–Kier alpha value is -1.03. The minimum absolute atomic E-state index is 0.0124. The van der Waals surface area contributed by atoms with Gasteiger partial charge in [0.05, 0.1) is 0 Å². The summed E-state index contributed by atoms with van der Waals surface area (Å²) in [7, 11) is 0. The Labute approximate surface area is 99.8 Å². The molecule has 0 aliphatic rings. The van der Waals surface area contributed by atoms with Crippen LogP contribution in [-0.4, -0.2) is 12.2 Å². The van der Waals surface area contributed by atoms with Gasteiger partial charge < -0.3 is 5.73 Å². The van der Waals surface area contributed by atoms with Crippen LogP contribution in [0, 0.1) is 0 Å². The molecule has 0 radical (unpaired) electrons. The summed E-state index contributed by atoms with van der Waals surface area (Å²) < 4.78 is 36.6. The second-order valence-corrected chi connectivity index (χ2v) is 4.16. The first-order valence-electron chi connectivity index (χ1n) is 5.84. The molecule has 96 valence electrons. The summed E-state index contributed by atoms with van der Waals surface area (Å²) in [5.41, 5.74) is 7.39. The number of hydrogen-bond donors (Lipinski definition) is 1. The molecule has 1 atom stereocenters.